The Balaban J connectivity index is 1.21. The van der Waals surface area contributed by atoms with Gasteiger partial charge in [0.2, 0.25) is 6.79 Å². The van der Waals surface area contributed by atoms with Crippen LogP contribution >= 0.6 is 0 Å². The van der Waals surface area contributed by atoms with E-state index in [2.05, 4.69) is 20.4 Å². The zero-order valence-corrected chi connectivity index (χ0v) is 15.2. The van der Waals surface area contributed by atoms with Crippen molar-refractivity contribution in [3.63, 3.8) is 0 Å². The van der Waals surface area contributed by atoms with Gasteiger partial charge in [-0.1, -0.05) is 0 Å². The number of amides is 1. The molecule has 1 amide bonds. The first-order valence-electron chi connectivity index (χ1n) is 9.28. The van der Waals surface area contributed by atoms with Crippen LogP contribution in [0.3, 0.4) is 0 Å². The average molecular weight is 384 g/mol. The zero-order valence-electron chi connectivity index (χ0n) is 15.2. The van der Waals surface area contributed by atoms with Gasteiger partial charge in [-0.3, -0.25) is 4.79 Å². The smallest absolute Gasteiger partial charge is 0.257 e. The van der Waals surface area contributed by atoms with Gasteiger partial charge in [-0.15, -0.1) is 10.2 Å². The van der Waals surface area contributed by atoms with Crippen LogP contribution in [0.5, 0.6) is 11.5 Å². The van der Waals surface area contributed by atoms with E-state index in [1.807, 2.05) is 6.07 Å². The van der Waals surface area contributed by atoms with E-state index >= 15 is 0 Å². The predicted molar refractivity (Wildman–Crippen MR) is 98.6 cm³/mol. The summed E-state index contributed by atoms with van der Waals surface area (Å²) in [7, 11) is 0. The number of anilines is 2. The molecule has 2 fully saturated rings. The van der Waals surface area contributed by atoms with Gasteiger partial charge in [-0.25, -0.2) is 0 Å². The summed E-state index contributed by atoms with van der Waals surface area (Å²) in [5, 5.41) is 11.1. The normalized spacial score (nSPS) is 19.8. The van der Waals surface area contributed by atoms with Crippen LogP contribution in [0.1, 0.15) is 23.2 Å². The van der Waals surface area contributed by atoms with Gasteiger partial charge in [0.25, 0.3) is 5.91 Å². The summed E-state index contributed by atoms with van der Waals surface area (Å²) in [4.78, 5) is 14.6. The second-order valence-electron chi connectivity index (χ2n) is 6.89. The summed E-state index contributed by atoms with van der Waals surface area (Å²) < 4.78 is 22.1. The molecule has 2 saturated heterocycles. The molecule has 1 spiro atoms. The Labute approximate surface area is 161 Å². The Kier molecular flexibility index (Phi) is 4.25. The number of nitrogens with one attached hydrogen (secondary N) is 1. The van der Waals surface area contributed by atoms with Crippen molar-refractivity contribution < 1.29 is 23.7 Å². The fraction of sp³-hybridized carbons (Fsp3) is 0.421. The fourth-order valence-electron chi connectivity index (χ4n) is 3.65. The minimum Gasteiger partial charge on any atom is -0.454 e. The third-order valence-electron chi connectivity index (χ3n) is 5.19. The summed E-state index contributed by atoms with van der Waals surface area (Å²) in [5.74, 6) is 1.67. The molecule has 1 N–H and O–H groups in total. The highest BCUT2D eigenvalue weighted by Crippen LogP contribution is 2.33. The largest absolute Gasteiger partial charge is 0.454 e. The summed E-state index contributed by atoms with van der Waals surface area (Å²) in [6.07, 6.45) is 1.61. The number of piperidine rings is 1. The van der Waals surface area contributed by atoms with Crippen molar-refractivity contribution in [2.75, 3.05) is 43.3 Å². The first-order chi connectivity index (χ1) is 13.7. The molecule has 3 aliphatic heterocycles. The van der Waals surface area contributed by atoms with Crippen LogP contribution < -0.4 is 19.7 Å². The van der Waals surface area contributed by atoms with E-state index in [0.29, 0.717) is 36.1 Å². The number of hydrogen-bond acceptors (Lipinski definition) is 8. The molecule has 0 saturated carbocycles. The Morgan fingerprint density at radius 2 is 1.79 bits per heavy atom. The Morgan fingerprint density at radius 3 is 2.54 bits per heavy atom. The molecule has 2 aromatic rings. The SMILES string of the molecule is O=C(Nc1ccc(N2CCC3(CC2)OCCO3)nn1)c1ccc2c(c1)OCO2. The summed E-state index contributed by atoms with van der Waals surface area (Å²) >= 11 is 0. The van der Waals surface area contributed by atoms with Gasteiger partial charge in [-0.2, -0.15) is 0 Å². The van der Waals surface area contributed by atoms with Gasteiger partial charge in [0, 0.05) is 31.5 Å². The van der Waals surface area contributed by atoms with E-state index in [0.717, 1.165) is 31.7 Å². The van der Waals surface area contributed by atoms with Gasteiger partial charge in [0.05, 0.1) is 13.2 Å². The highest BCUT2D eigenvalue weighted by Gasteiger charge is 2.40. The van der Waals surface area contributed by atoms with Gasteiger partial charge in [0.1, 0.15) is 0 Å². The van der Waals surface area contributed by atoms with Crippen LogP contribution in [0.2, 0.25) is 0 Å². The van der Waals surface area contributed by atoms with E-state index in [1.165, 1.54) is 0 Å². The zero-order chi connectivity index (χ0) is 19.0. The Bertz CT molecular complexity index is 872. The van der Waals surface area contributed by atoms with E-state index in [4.69, 9.17) is 18.9 Å². The maximum atomic E-state index is 12.4. The number of fused-ring (bicyclic) bond motifs is 1. The second-order valence-corrected chi connectivity index (χ2v) is 6.89. The van der Waals surface area contributed by atoms with Gasteiger partial charge < -0.3 is 29.2 Å². The molecule has 9 nitrogen and oxygen atoms in total. The van der Waals surface area contributed by atoms with Crippen LogP contribution in [-0.4, -0.2) is 55.0 Å². The van der Waals surface area contributed by atoms with Gasteiger partial charge in [-0.05, 0) is 30.3 Å². The van der Waals surface area contributed by atoms with Crippen molar-refractivity contribution in [3.05, 3.63) is 35.9 Å². The van der Waals surface area contributed by atoms with E-state index in [1.54, 1.807) is 24.3 Å². The molecule has 4 heterocycles. The maximum absolute atomic E-state index is 12.4. The summed E-state index contributed by atoms with van der Waals surface area (Å²) in [6.45, 7) is 3.08. The molecule has 0 unspecified atom stereocenters. The Hall–Kier alpha value is -2.91. The van der Waals surface area contributed by atoms with Gasteiger partial charge >= 0.3 is 0 Å². The fourth-order valence-corrected chi connectivity index (χ4v) is 3.65. The molecular weight excluding hydrogens is 364 g/mol. The van der Waals surface area contributed by atoms with Crippen molar-refractivity contribution in [2.24, 2.45) is 0 Å². The monoisotopic (exact) mass is 384 g/mol. The van der Waals surface area contributed by atoms with Crippen LogP contribution in [0.25, 0.3) is 0 Å². The lowest BCUT2D eigenvalue weighted by atomic mass is 10.0. The number of carbonyl (C=O) groups excluding carboxylic acids is 1. The average Bonchev–Trinajstić information content (AvgIpc) is 3.38. The van der Waals surface area contributed by atoms with Crippen LogP contribution in [0.15, 0.2) is 30.3 Å². The number of nitrogens with zero attached hydrogens (tertiary/aromatic N) is 3. The number of carbonyl (C=O) groups is 1. The van der Waals surface area contributed by atoms with Crippen molar-refractivity contribution >= 4 is 17.5 Å². The molecule has 146 valence electrons. The lowest BCUT2D eigenvalue weighted by Crippen LogP contribution is -2.45. The molecule has 28 heavy (non-hydrogen) atoms. The topological polar surface area (TPSA) is 95.0 Å². The number of ether oxygens (including phenoxy) is 4. The number of benzene rings is 1. The van der Waals surface area contributed by atoms with Crippen molar-refractivity contribution in [1.29, 1.82) is 0 Å². The van der Waals surface area contributed by atoms with Crippen molar-refractivity contribution in [2.45, 2.75) is 18.6 Å². The third-order valence-corrected chi connectivity index (χ3v) is 5.19. The van der Waals surface area contributed by atoms with Crippen molar-refractivity contribution in [3.8, 4) is 11.5 Å². The predicted octanol–water partition coefficient (Wildman–Crippen LogP) is 1.80. The summed E-state index contributed by atoms with van der Waals surface area (Å²) in [5.41, 5.74) is 0.466. The maximum Gasteiger partial charge on any atom is 0.257 e. The minimum atomic E-state index is -0.414. The molecule has 0 atom stereocenters. The quantitative estimate of drug-likeness (QED) is 0.856. The minimum absolute atomic E-state index is 0.170. The Morgan fingerprint density at radius 1 is 1.00 bits per heavy atom. The van der Waals surface area contributed by atoms with Crippen LogP contribution in [-0.2, 0) is 9.47 Å². The molecule has 5 rings (SSSR count). The highest BCUT2D eigenvalue weighted by molar-refractivity contribution is 6.04. The lowest BCUT2D eigenvalue weighted by molar-refractivity contribution is -0.169. The standard InChI is InChI=1S/C19H20N4O5/c24-18(13-1-2-14-15(11-13)26-12-25-14)20-16-3-4-17(22-21-16)23-7-5-19(6-8-23)27-9-10-28-19/h1-4,11H,5-10,12H2,(H,20,21,24). The van der Waals surface area contributed by atoms with E-state index < -0.39 is 5.79 Å². The highest BCUT2D eigenvalue weighted by atomic mass is 16.7. The van der Waals surface area contributed by atoms with Crippen LogP contribution in [0.4, 0.5) is 11.6 Å². The molecule has 0 aliphatic carbocycles. The third kappa shape index (κ3) is 3.23. The molecule has 1 aromatic heterocycles. The number of hydrogen-bond donors (Lipinski definition) is 1. The van der Waals surface area contributed by atoms with E-state index in [9.17, 15) is 4.79 Å². The first-order valence-corrected chi connectivity index (χ1v) is 9.28. The number of aromatic nitrogens is 2. The second kappa shape index (κ2) is 6.92. The van der Waals surface area contributed by atoms with E-state index in [-0.39, 0.29) is 12.7 Å². The lowest BCUT2D eigenvalue weighted by Gasteiger charge is -2.37. The number of rotatable bonds is 3. The van der Waals surface area contributed by atoms with Gasteiger partial charge in [0.15, 0.2) is 28.9 Å². The molecule has 9 heteroatoms. The van der Waals surface area contributed by atoms with Crippen LogP contribution in [0, 0.1) is 0 Å². The van der Waals surface area contributed by atoms with Crippen molar-refractivity contribution in [1.82, 2.24) is 10.2 Å². The summed E-state index contributed by atoms with van der Waals surface area (Å²) in [6, 6.07) is 8.65. The molecule has 1 aromatic carbocycles. The molecule has 0 bridgehead atoms. The first kappa shape index (κ1) is 17.2. The molecule has 3 aliphatic rings. The molecular formula is C19H20N4O5. The molecule has 0 radical (unpaired) electrons.